The van der Waals surface area contributed by atoms with Gasteiger partial charge in [0.1, 0.15) is 5.82 Å². The van der Waals surface area contributed by atoms with Gasteiger partial charge in [-0.2, -0.15) is 0 Å². The van der Waals surface area contributed by atoms with Gasteiger partial charge in [0.15, 0.2) is 5.16 Å². The highest BCUT2D eigenvalue weighted by Crippen LogP contribution is 2.22. The molecule has 1 aromatic rings. The lowest BCUT2D eigenvalue weighted by Crippen LogP contribution is -2.21. The van der Waals surface area contributed by atoms with E-state index in [1.807, 2.05) is 12.3 Å². The van der Waals surface area contributed by atoms with Crippen LogP contribution in [0.2, 0.25) is 0 Å². The predicted octanol–water partition coefficient (Wildman–Crippen LogP) is 1.02. The number of hydrogen-bond acceptors (Lipinski definition) is 5. The normalized spacial score (nSPS) is 20.9. The topological polar surface area (TPSA) is 49.2 Å². The zero-order valence-corrected chi connectivity index (χ0v) is 9.57. The summed E-state index contributed by atoms with van der Waals surface area (Å²) in [5, 5.41) is 9.87. The van der Waals surface area contributed by atoms with Gasteiger partial charge < -0.3 is 10.0 Å². The fourth-order valence-electron chi connectivity index (χ4n) is 1.80. The Kier molecular flexibility index (Phi) is 3.43. The van der Waals surface area contributed by atoms with Crippen molar-refractivity contribution in [3.8, 4) is 0 Å². The van der Waals surface area contributed by atoms with E-state index in [0.717, 1.165) is 30.5 Å². The minimum absolute atomic E-state index is 0.275. The minimum atomic E-state index is 0.275. The number of anilines is 1. The molecule has 0 unspecified atom stereocenters. The Morgan fingerprint density at radius 3 is 3.20 bits per heavy atom. The molecule has 1 saturated heterocycles. The lowest BCUT2D eigenvalue weighted by molar-refractivity contribution is 0.238. The third-order valence-corrected chi connectivity index (χ3v) is 3.23. The molecule has 4 nitrogen and oxygen atoms in total. The molecule has 1 N–H and O–H groups in total. The summed E-state index contributed by atoms with van der Waals surface area (Å²) in [7, 11) is 0. The van der Waals surface area contributed by atoms with Gasteiger partial charge in [0, 0.05) is 31.8 Å². The molecule has 0 bridgehead atoms. The van der Waals surface area contributed by atoms with Crippen molar-refractivity contribution in [2.75, 3.05) is 30.9 Å². The fraction of sp³-hybridized carbons (Fsp3) is 0.600. The number of thioether (sulfide) groups is 1. The van der Waals surface area contributed by atoms with Crippen LogP contribution in [0, 0.1) is 5.92 Å². The molecule has 0 amide bonds. The molecule has 1 aromatic heterocycles. The molecule has 0 saturated carbocycles. The van der Waals surface area contributed by atoms with E-state index in [9.17, 15) is 0 Å². The van der Waals surface area contributed by atoms with Crippen LogP contribution >= 0.6 is 11.8 Å². The summed E-state index contributed by atoms with van der Waals surface area (Å²) in [4.78, 5) is 10.8. The lowest BCUT2D eigenvalue weighted by atomic mass is 10.1. The number of hydrogen-bond donors (Lipinski definition) is 1. The Morgan fingerprint density at radius 1 is 1.67 bits per heavy atom. The molecular weight excluding hydrogens is 210 g/mol. The van der Waals surface area contributed by atoms with Crippen LogP contribution in [0.25, 0.3) is 0 Å². The third kappa shape index (κ3) is 2.41. The van der Waals surface area contributed by atoms with Crippen molar-refractivity contribution in [1.82, 2.24) is 9.97 Å². The molecule has 1 aliphatic heterocycles. The van der Waals surface area contributed by atoms with Gasteiger partial charge in [0.2, 0.25) is 0 Å². The average Bonchev–Trinajstić information content (AvgIpc) is 2.78. The molecule has 1 fully saturated rings. The first-order valence-corrected chi connectivity index (χ1v) is 6.29. The zero-order chi connectivity index (χ0) is 10.7. The molecule has 0 radical (unpaired) electrons. The summed E-state index contributed by atoms with van der Waals surface area (Å²) in [5.41, 5.74) is 0. The standard InChI is InChI=1S/C10H15N3OS/c1-15-10-11-4-2-9(12-10)13-5-3-8(6-13)7-14/h2,4,8,14H,3,5-7H2,1H3/t8-/m0/s1. The molecule has 1 aliphatic rings. The highest BCUT2D eigenvalue weighted by atomic mass is 32.2. The molecule has 0 spiro atoms. The Hall–Kier alpha value is -0.810. The van der Waals surface area contributed by atoms with Crippen molar-refractivity contribution in [1.29, 1.82) is 0 Å². The molecule has 0 aromatic carbocycles. The van der Waals surface area contributed by atoms with Crippen molar-refractivity contribution in [2.24, 2.45) is 5.92 Å². The first kappa shape index (κ1) is 10.7. The molecule has 1 atom stereocenters. The van der Waals surface area contributed by atoms with E-state index in [1.165, 1.54) is 0 Å². The second kappa shape index (κ2) is 4.81. The SMILES string of the molecule is CSc1nccc(N2CC[C@H](CO)C2)n1. The van der Waals surface area contributed by atoms with Gasteiger partial charge in [0.05, 0.1) is 0 Å². The first-order chi connectivity index (χ1) is 7.33. The summed E-state index contributed by atoms with van der Waals surface area (Å²) < 4.78 is 0. The highest BCUT2D eigenvalue weighted by molar-refractivity contribution is 7.98. The van der Waals surface area contributed by atoms with Crippen molar-refractivity contribution >= 4 is 17.6 Å². The first-order valence-electron chi connectivity index (χ1n) is 5.06. The van der Waals surface area contributed by atoms with Crippen LogP contribution in [-0.2, 0) is 0 Å². The van der Waals surface area contributed by atoms with E-state index in [0.29, 0.717) is 5.92 Å². The van der Waals surface area contributed by atoms with Gasteiger partial charge in [-0.05, 0) is 18.7 Å². The summed E-state index contributed by atoms with van der Waals surface area (Å²) in [5.74, 6) is 1.38. The van der Waals surface area contributed by atoms with Crippen LogP contribution in [0.1, 0.15) is 6.42 Å². The van der Waals surface area contributed by atoms with E-state index in [-0.39, 0.29) is 6.61 Å². The van der Waals surface area contributed by atoms with E-state index >= 15 is 0 Å². The van der Waals surface area contributed by atoms with Crippen LogP contribution in [0.15, 0.2) is 17.4 Å². The lowest BCUT2D eigenvalue weighted by Gasteiger charge is -2.17. The second-order valence-corrected chi connectivity index (χ2v) is 4.46. The fourth-order valence-corrected chi connectivity index (χ4v) is 2.15. The van der Waals surface area contributed by atoms with Crippen LogP contribution in [0.3, 0.4) is 0 Å². The molecule has 5 heteroatoms. The largest absolute Gasteiger partial charge is 0.396 e. The molecule has 82 valence electrons. The molecule has 15 heavy (non-hydrogen) atoms. The molecule has 2 rings (SSSR count). The van der Waals surface area contributed by atoms with Crippen LogP contribution in [0.5, 0.6) is 0 Å². The smallest absolute Gasteiger partial charge is 0.189 e. The van der Waals surface area contributed by atoms with Crippen LogP contribution in [-0.4, -0.2) is 41.0 Å². The van der Waals surface area contributed by atoms with E-state index in [1.54, 1.807) is 18.0 Å². The Labute approximate surface area is 93.7 Å². The molecular formula is C10H15N3OS. The predicted molar refractivity (Wildman–Crippen MR) is 61.2 cm³/mol. The second-order valence-electron chi connectivity index (χ2n) is 3.68. The van der Waals surface area contributed by atoms with Crippen molar-refractivity contribution in [3.05, 3.63) is 12.3 Å². The van der Waals surface area contributed by atoms with Crippen LogP contribution < -0.4 is 4.90 Å². The minimum Gasteiger partial charge on any atom is -0.396 e. The summed E-state index contributed by atoms with van der Waals surface area (Å²) in [6.45, 7) is 2.16. The summed E-state index contributed by atoms with van der Waals surface area (Å²) >= 11 is 1.55. The van der Waals surface area contributed by atoms with Crippen molar-refractivity contribution in [3.63, 3.8) is 0 Å². The van der Waals surface area contributed by atoms with E-state index < -0.39 is 0 Å². The van der Waals surface area contributed by atoms with E-state index in [2.05, 4.69) is 14.9 Å². The number of aliphatic hydroxyl groups is 1. The van der Waals surface area contributed by atoms with Crippen molar-refractivity contribution in [2.45, 2.75) is 11.6 Å². The number of aliphatic hydroxyl groups excluding tert-OH is 1. The van der Waals surface area contributed by atoms with Crippen molar-refractivity contribution < 1.29 is 5.11 Å². The monoisotopic (exact) mass is 225 g/mol. The quantitative estimate of drug-likeness (QED) is 0.615. The Morgan fingerprint density at radius 2 is 2.53 bits per heavy atom. The van der Waals surface area contributed by atoms with E-state index in [4.69, 9.17) is 5.11 Å². The van der Waals surface area contributed by atoms with Gasteiger partial charge in [-0.1, -0.05) is 11.8 Å². The Balaban J connectivity index is 2.09. The number of nitrogens with zero attached hydrogens (tertiary/aromatic N) is 3. The van der Waals surface area contributed by atoms with Gasteiger partial charge in [-0.25, -0.2) is 9.97 Å². The maximum Gasteiger partial charge on any atom is 0.189 e. The average molecular weight is 225 g/mol. The zero-order valence-electron chi connectivity index (χ0n) is 8.76. The number of rotatable bonds is 3. The summed E-state index contributed by atoms with van der Waals surface area (Å²) in [6.07, 6.45) is 4.81. The van der Waals surface area contributed by atoms with Gasteiger partial charge in [-0.3, -0.25) is 0 Å². The maximum atomic E-state index is 9.07. The molecule has 0 aliphatic carbocycles. The number of aromatic nitrogens is 2. The third-order valence-electron chi connectivity index (χ3n) is 2.67. The summed E-state index contributed by atoms with van der Waals surface area (Å²) in [6, 6.07) is 1.93. The molecule has 2 heterocycles. The highest BCUT2D eigenvalue weighted by Gasteiger charge is 2.22. The Bertz CT molecular complexity index is 334. The van der Waals surface area contributed by atoms with Gasteiger partial charge in [-0.15, -0.1) is 0 Å². The van der Waals surface area contributed by atoms with Gasteiger partial charge >= 0.3 is 0 Å². The van der Waals surface area contributed by atoms with Crippen LogP contribution in [0.4, 0.5) is 5.82 Å². The maximum absolute atomic E-state index is 9.07. The van der Waals surface area contributed by atoms with Gasteiger partial charge in [0.25, 0.3) is 0 Å².